The Labute approximate surface area is 180 Å². The van der Waals surface area contributed by atoms with Crippen molar-refractivity contribution in [2.75, 3.05) is 23.4 Å². The Hall–Kier alpha value is -3.09. The average molecular weight is 419 g/mol. The molecule has 2 aromatic carbocycles. The van der Waals surface area contributed by atoms with Crippen molar-refractivity contribution in [3.05, 3.63) is 47.0 Å². The van der Waals surface area contributed by atoms with Gasteiger partial charge in [-0.15, -0.1) is 0 Å². The first kappa shape index (κ1) is 18.7. The highest BCUT2D eigenvalue weighted by atomic mass is 19.1. The topological polar surface area (TPSA) is 108 Å². The largest absolute Gasteiger partial charge is 0.398 e. The van der Waals surface area contributed by atoms with Crippen molar-refractivity contribution in [1.82, 2.24) is 10.2 Å². The van der Waals surface area contributed by atoms with Crippen molar-refractivity contribution < 1.29 is 4.39 Å². The molecule has 6 nitrogen and oxygen atoms in total. The summed E-state index contributed by atoms with van der Waals surface area (Å²) in [6.45, 7) is 2.31. The summed E-state index contributed by atoms with van der Waals surface area (Å²) >= 11 is 0. The van der Waals surface area contributed by atoms with Crippen LogP contribution >= 0.6 is 0 Å². The van der Waals surface area contributed by atoms with Crippen molar-refractivity contribution in [2.45, 2.75) is 37.6 Å². The van der Waals surface area contributed by atoms with Gasteiger partial charge in [0.2, 0.25) is 5.97 Å². The van der Waals surface area contributed by atoms with E-state index in [-0.39, 0.29) is 11.5 Å². The summed E-state index contributed by atoms with van der Waals surface area (Å²) in [4.78, 5) is 2.29. The maximum absolute atomic E-state index is 14.5. The number of nitrogens with one attached hydrogen (secondary N) is 2. The first-order valence-corrected chi connectivity index (χ1v) is 11.0. The minimum atomic E-state index is -0.930. The molecule has 2 aliphatic carbocycles. The highest BCUT2D eigenvalue weighted by Crippen LogP contribution is 2.67. The molecule has 1 aliphatic heterocycles. The van der Waals surface area contributed by atoms with E-state index in [1.165, 1.54) is 12.0 Å². The third-order valence-electron chi connectivity index (χ3n) is 8.61. The number of aromatic amines is 1. The van der Waals surface area contributed by atoms with Crippen LogP contribution in [-0.4, -0.2) is 23.2 Å². The number of anilines is 3. The minimum absolute atomic E-state index is 0.196. The van der Waals surface area contributed by atoms with Gasteiger partial charge in [-0.05, 0) is 85.3 Å². The Morgan fingerprint density at radius 1 is 1.23 bits per heavy atom. The van der Waals surface area contributed by atoms with E-state index in [9.17, 15) is 4.39 Å². The molecule has 2 heterocycles. The zero-order chi connectivity index (χ0) is 21.7. The van der Waals surface area contributed by atoms with Gasteiger partial charge in [-0.25, -0.2) is 0 Å². The molecule has 0 radical (unpaired) electrons. The van der Waals surface area contributed by atoms with Crippen LogP contribution in [0.25, 0.3) is 10.9 Å². The van der Waals surface area contributed by atoms with Gasteiger partial charge in [0.15, 0.2) is 5.82 Å². The summed E-state index contributed by atoms with van der Waals surface area (Å²) in [5.41, 5.74) is 16.7. The number of nitrogens with two attached hydrogens (primary N) is 2. The summed E-state index contributed by atoms with van der Waals surface area (Å²) in [7, 11) is 2.09. The maximum atomic E-state index is 14.5. The van der Waals surface area contributed by atoms with E-state index in [0.29, 0.717) is 34.8 Å². The van der Waals surface area contributed by atoms with Crippen LogP contribution in [-0.2, 0) is 5.54 Å². The molecule has 6 rings (SSSR count). The van der Waals surface area contributed by atoms with Gasteiger partial charge >= 0.3 is 0 Å². The molecule has 31 heavy (non-hydrogen) atoms. The quantitative estimate of drug-likeness (QED) is 0.362. The van der Waals surface area contributed by atoms with Gasteiger partial charge in [0.25, 0.3) is 0 Å². The lowest BCUT2D eigenvalue weighted by atomic mass is 9.60. The summed E-state index contributed by atoms with van der Waals surface area (Å²) in [5.74, 6) is 1.15. The van der Waals surface area contributed by atoms with Crippen LogP contribution in [0.3, 0.4) is 0 Å². The third-order valence-corrected chi connectivity index (χ3v) is 8.61. The second-order valence-corrected chi connectivity index (χ2v) is 9.74. The summed E-state index contributed by atoms with van der Waals surface area (Å²) in [5, 5.41) is 15.9. The fourth-order valence-corrected chi connectivity index (χ4v) is 7.22. The Bertz CT molecular complexity index is 1250. The molecule has 2 bridgehead atoms. The number of rotatable bonds is 2. The van der Waals surface area contributed by atoms with Crippen LogP contribution in [0.4, 0.5) is 21.6 Å². The molecular formula is C24H27FN6. The fourth-order valence-electron chi connectivity index (χ4n) is 7.22. The number of nitrogen functional groups attached to an aromatic ring is 2. The van der Waals surface area contributed by atoms with Crippen molar-refractivity contribution >= 4 is 34.1 Å². The molecule has 7 heteroatoms. The van der Waals surface area contributed by atoms with Crippen molar-refractivity contribution in [3.63, 3.8) is 0 Å². The molecule has 2 unspecified atom stereocenters. The molecular weight excluding hydrogens is 391 g/mol. The number of nitrogens with zero attached hydrogens (tertiary/aromatic N) is 2. The van der Waals surface area contributed by atoms with Gasteiger partial charge < -0.3 is 16.4 Å². The molecule has 0 amide bonds. The van der Waals surface area contributed by atoms with Crippen molar-refractivity contribution in [3.8, 4) is 0 Å². The number of hydrogen-bond donors (Lipinski definition) is 4. The molecule has 3 aromatic rings. The minimum Gasteiger partial charge on any atom is -0.398 e. The van der Waals surface area contributed by atoms with Crippen LogP contribution in [0, 0.1) is 23.2 Å². The lowest BCUT2D eigenvalue weighted by molar-refractivity contribution is 0.157. The normalized spacial score (nSPS) is 31.1. The average Bonchev–Trinajstić information content (AvgIpc) is 3.46. The summed E-state index contributed by atoms with van der Waals surface area (Å²) < 4.78 is 14.5. The van der Waals surface area contributed by atoms with Crippen LogP contribution in [0.2, 0.25) is 0 Å². The molecule has 2 saturated carbocycles. The molecule has 6 N–H and O–H groups in total. The smallest absolute Gasteiger partial charge is 0.215 e. The highest BCUT2D eigenvalue weighted by molar-refractivity contribution is 6.00. The molecule has 1 aromatic heterocycles. The first-order valence-electron chi connectivity index (χ1n) is 11.0. The van der Waals surface area contributed by atoms with E-state index < -0.39 is 5.97 Å². The van der Waals surface area contributed by atoms with Gasteiger partial charge in [-0.3, -0.25) is 10.5 Å². The van der Waals surface area contributed by atoms with Gasteiger partial charge in [0.05, 0.1) is 16.6 Å². The number of halogens is 1. The van der Waals surface area contributed by atoms with E-state index in [4.69, 9.17) is 16.9 Å². The molecule has 3 aliphatic rings. The maximum Gasteiger partial charge on any atom is 0.215 e. The third kappa shape index (κ3) is 2.21. The van der Waals surface area contributed by atoms with Gasteiger partial charge in [0.1, 0.15) is 0 Å². The predicted octanol–water partition coefficient (Wildman–Crippen LogP) is 4.52. The fraction of sp³-hybridized carbons (Fsp3) is 0.417. The van der Waals surface area contributed by atoms with Crippen LogP contribution in [0.1, 0.15) is 48.8 Å². The van der Waals surface area contributed by atoms with Crippen LogP contribution in [0.5, 0.6) is 0 Å². The molecule has 0 saturated heterocycles. The van der Waals surface area contributed by atoms with Crippen molar-refractivity contribution in [1.29, 1.82) is 5.41 Å². The Morgan fingerprint density at radius 3 is 2.77 bits per heavy atom. The molecule has 2 fully saturated rings. The Morgan fingerprint density at radius 2 is 2.00 bits per heavy atom. The zero-order valence-corrected chi connectivity index (χ0v) is 17.7. The Balaban J connectivity index is 1.63. The van der Waals surface area contributed by atoms with E-state index >= 15 is 0 Å². The van der Waals surface area contributed by atoms with Gasteiger partial charge in [0, 0.05) is 23.8 Å². The second kappa shape index (κ2) is 5.99. The number of aromatic nitrogens is 2. The van der Waals surface area contributed by atoms with E-state index in [0.717, 1.165) is 35.0 Å². The SMILES string of the molecule is CN1c2ccc(N)c(C(=N)F)c2[C@H]2C3CCC(C3)[C@H]2[C@]1(C)c1ccc2[nH]nc(N)c2c1. The first-order chi connectivity index (χ1) is 14.8. The highest BCUT2D eigenvalue weighted by Gasteiger charge is 2.60. The second-order valence-electron chi connectivity index (χ2n) is 9.74. The molecule has 0 spiro atoms. The van der Waals surface area contributed by atoms with Crippen LogP contribution < -0.4 is 16.4 Å². The molecule has 160 valence electrons. The Kier molecular flexibility index (Phi) is 3.61. The van der Waals surface area contributed by atoms with E-state index in [1.807, 2.05) is 6.07 Å². The number of hydrogen-bond acceptors (Lipinski definition) is 5. The number of fused-ring (bicyclic) bond motifs is 8. The number of H-pyrrole nitrogens is 1. The molecule has 5 atom stereocenters. The van der Waals surface area contributed by atoms with Crippen LogP contribution in [0.15, 0.2) is 30.3 Å². The lowest BCUT2D eigenvalue weighted by Crippen LogP contribution is -2.54. The lowest BCUT2D eigenvalue weighted by Gasteiger charge is -2.56. The van der Waals surface area contributed by atoms with E-state index in [1.54, 1.807) is 6.07 Å². The zero-order valence-electron chi connectivity index (χ0n) is 17.7. The summed E-state index contributed by atoms with van der Waals surface area (Å²) in [6, 6.07) is 10.1. The monoisotopic (exact) mass is 418 g/mol. The van der Waals surface area contributed by atoms with Crippen molar-refractivity contribution in [2.24, 2.45) is 17.8 Å². The standard InChI is InChI=1S/C24H27FN6/c1-24(13-5-7-16-14(10-13)23(28)30-29-16)21-12-4-3-11(9-12)18(21)20-17(31(24)2)8-6-15(26)19(20)22(25)27/h5-8,10-12,18,21,27H,3-4,9,26H2,1-2H3,(H3,28,29,30)/t11?,12?,18-,21-,24+/m1/s1. The van der Waals surface area contributed by atoms with Gasteiger partial charge in [-0.1, -0.05) is 6.07 Å². The van der Waals surface area contributed by atoms with Gasteiger partial charge in [-0.2, -0.15) is 9.49 Å². The number of benzene rings is 2. The predicted molar refractivity (Wildman–Crippen MR) is 122 cm³/mol. The summed E-state index contributed by atoms with van der Waals surface area (Å²) in [6.07, 6.45) is 3.51. The van der Waals surface area contributed by atoms with E-state index in [2.05, 4.69) is 47.3 Å².